The number of ether oxygens (including phenoxy) is 3. The predicted molar refractivity (Wildman–Crippen MR) is 124 cm³/mol. The van der Waals surface area contributed by atoms with Crippen LogP contribution >= 0.6 is 0 Å². The maximum Gasteiger partial charge on any atom is 0.414 e. The maximum absolute atomic E-state index is 12.3. The van der Waals surface area contributed by atoms with Crippen LogP contribution in [0.1, 0.15) is 21.5 Å². The molecule has 0 spiro atoms. The van der Waals surface area contributed by atoms with Gasteiger partial charge in [0.2, 0.25) is 5.96 Å². The van der Waals surface area contributed by atoms with E-state index in [2.05, 4.69) is 20.4 Å². The van der Waals surface area contributed by atoms with Gasteiger partial charge in [-0.05, 0) is 35.4 Å². The third kappa shape index (κ3) is 7.79. The molecule has 0 saturated carbocycles. The van der Waals surface area contributed by atoms with Crippen LogP contribution in [0.4, 0.5) is 15.3 Å². The van der Waals surface area contributed by atoms with E-state index in [1.54, 1.807) is 0 Å². The molecule has 0 heterocycles. The van der Waals surface area contributed by atoms with Gasteiger partial charge in [0, 0.05) is 0 Å². The number of nitrogens with zero attached hydrogens (tertiary/aromatic N) is 1. The number of hydrogen-bond donors (Lipinski definition) is 2. The molecular formula is C25H23N3O6. The molecule has 0 aliphatic rings. The van der Waals surface area contributed by atoms with Crippen LogP contribution in [0.5, 0.6) is 0 Å². The molecule has 0 saturated heterocycles. The average Bonchev–Trinajstić information content (AvgIpc) is 2.87. The van der Waals surface area contributed by atoms with Crippen LogP contribution < -0.4 is 10.6 Å². The van der Waals surface area contributed by atoms with Gasteiger partial charge < -0.3 is 14.2 Å². The Morgan fingerprint density at radius 3 is 1.62 bits per heavy atom. The Bertz CT molecular complexity index is 1070. The topological polar surface area (TPSA) is 115 Å². The van der Waals surface area contributed by atoms with E-state index in [1.807, 2.05) is 60.7 Å². The number of nitrogens with one attached hydrogen (secondary N) is 2. The summed E-state index contributed by atoms with van der Waals surface area (Å²) in [4.78, 5) is 40.4. The Kier molecular flexibility index (Phi) is 8.75. The van der Waals surface area contributed by atoms with Crippen molar-refractivity contribution in [2.45, 2.75) is 13.2 Å². The summed E-state index contributed by atoms with van der Waals surface area (Å²) in [5.41, 5.74) is 2.28. The minimum atomic E-state index is -0.822. The first-order valence-electron chi connectivity index (χ1n) is 10.3. The standard InChI is InChI=1S/C25H23N3O6/c1-32-22(29)20-12-14-21(15-13-20)26-23(27-24(30)33-16-18-8-4-2-5-9-18)28-25(31)34-17-19-10-6-3-7-11-19/h2-15H,16-17H2,1H3,(H2,26,27,28,30,31). The number of benzene rings is 3. The van der Waals surface area contributed by atoms with Crippen LogP contribution in [-0.4, -0.2) is 31.2 Å². The minimum Gasteiger partial charge on any atom is -0.465 e. The third-order valence-electron chi connectivity index (χ3n) is 4.40. The second-order valence-corrected chi connectivity index (χ2v) is 6.87. The first-order chi connectivity index (χ1) is 16.5. The number of guanidine groups is 1. The number of hydrogen-bond acceptors (Lipinski definition) is 7. The normalized spacial score (nSPS) is 9.91. The average molecular weight is 461 g/mol. The van der Waals surface area contributed by atoms with Gasteiger partial charge in [-0.1, -0.05) is 60.7 Å². The number of esters is 1. The van der Waals surface area contributed by atoms with E-state index >= 15 is 0 Å². The fourth-order valence-corrected chi connectivity index (χ4v) is 2.72. The lowest BCUT2D eigenvalue weighted by atomic mass is 10.2. The highest BCUT2D eigenvalue weighted by Crippen LogP contribution is 2.14. The van der Waals surface area contributed by atoms with Crippen molar-refractivity contribution in [3.8, 4) is 0 Å². The van der Waals surface area contributed by atoms with E-state index in [9.17, 15) is 14.4 Å². The zero-order chi connectivity index (χ0) is 24.2. The maximum atomic E-state index is 12.3. The van der Waals surface area contributed by atoms with Crippen LogP contribution in [-0.2, 0) is 27.4 Å². The Balaban J connectivity index is 1.67. The highest BCUT2D eigenvalue weighted by atomic mass is 16.6. The zero-order valence-corrected chi connectivity index (χ0v) is 18.4. The van der Waals surface area contributed by atoms with E-state index in [1.165, 1.54) is 31.4 Å². The first kappa shape index (κ1) is 24.0. The molecule has 3 aromatic rings. The van der Waals surface area contributed by atoms with Crippen LogP contribution in [0.3, 0.4) is 0 Å². The summed E-state index contributed by atoms with van der Waals surface area (Å²) in [5.74, 6) is -0.706. The molecule has 0 aliphatic heterocycles. The van der Waals surface area contributed by atoms with Crippen molar-refractivity contribution in [2.24, 2.45) is 4.99 Å². The number of carbonyl (C=O) groups is 3. The Hall–Kier alpha value is -4.66. The molecule has 2 N–H and O–H groups in total. The van der Waals surface area contributed by atoms with Crippen LogP contribution in [0.2, 0.25) is 0 Å². The molecule has 34 heavy (non-hydrogen) atoms. The van der Waals surface area contributed by atoms with Crippen molar-refractivity contribution < 1.29 is 28.6 Å². The summed E-state index contributed by atoms with van der Waals surface area (Å²) in [6.07, 6.45) is -1.64. The Morgan fingerprint density at radius 1 is 0.706 bits per heavy atom. The summed E-state index contributed by atoms with van der Waals surface area (Å²) >= 11 is 0. The lowest BCUT2D eigenvalue weighted by Gasteiger charge is -2.12. The van der Waals surface area contributed by atoms with Crippen molar-refractivity contribution in [1.82, 2.24) is 10.6 Å². The van der Waals surface area contributed by atoms with E-state index in [0.717, 1.165) is 11.1 Å². The molecule has 9 heteroatoms. The molecular weight excluding hydrogens is 438 g/mol. The number of carbonyl (C=O) groups excluding carboxylic acids is 3. The van der Waals surface area contributed by atoms with Gasteiger partial charge in [-0.3, -0.25) is 10.6 Å². The zero-order valence-electron chi connectivity index (χ0n) is 18.4. The number of methoxy groups -OCH3 is 1. The van der Waals surface area contributed by atoms with E-state index in [4.69, 9.17) is 9.47 Å². The van der Waals surface area contributed by atoms with Crippen molar-refractivity contribution in [2.75, 3.05) is 7.11 Å². The molecule has 0 unspecified atom stereocenters. The van der Waals surface area contributed by atoms with Gasteiger partial charge in [0.05, 0.1) is 18.4 Å². The number of alkyl carbamates (subject to hydrolysis) is 2. The molecule has 0 fully saturated rings. The number of aliphatic imine (C=N–C) groups is 1. The summed E-state index contributed by atoms with van der Waals surface area (Å²) in [6.45, 7) is 0.0679. The fraction of sp³-hybridized carbons (Fsp3) is 0.120. The molecule has 0 radical (unpaired) electrons. The molecule has 3 aromatic carbocycles. The molecule has 0 aliphatic carbocycles. The Morgan fingerprint density at radius 2 is 1.18 bits per heavy atom. The fourth-order valence-electron chi connectivity index (χ4n) is 2.72. The van der Waals surface area contributed by atoms with Crippen molar-refractivity contribution in [1.29, 1.82) is 0 Å². The van der Waals surface area contributed by atoms with Gasteiger partial charge in [0.25, 0.3) is 0 Å². The SMILES string of the molecule is COC(=O)c1ccc(N=C(NC(=O)OCc2ccccc2)NC(=O)OCc2ccccc2)cc1. The van der Waals surface area contributed by atoms with Gasteiger partial charge >= 0.3 is 18.2 Å². The van der Waals surface area contributed by atoms with Gasteiger partial charge in [-0.25, -0.2) is 19.4 Å². The van der Waals surface area contributed by atoms with E-state index < -0.39 is 18.2 Å². The largest absolute Gasteiger partial charge is 0.465 e. The first-order valence-corrected chi connectivity index (χ1v) is 10.3. The molecule has 0 bridgehead atoms. The summed E-state index contributed by atoms with van der Waals surface area (Å²) < 4.78 is 15.0. The van der Waals surface area contributed by atoms with Crippen LogP contribution in [0, 0.1) is 0 Å². The number of amides is 2. The van der Waals surface area contributed by atoms with E-state index in [0.29, 0.717) is 11.3 Å². The molecule has 0 atom stereocenters. The lowest BCUT2D eigenvalue weighted by molar-refractivity contribution is 0.0600. The second kappa shape index (κ2) is 12.4. The van der Waals surface area contributed by atoms with Crippen LogP contribution in [0.25, 0.3) is 0 Å². The second-order valence-electron chi connectivity index (χ2n) is 6.87. The molecule has 9 nitrogen and oxygen atoms in total. The van der Waals surface area contributed by atoms with Crippen molar-refractivity contribution in [3.05, 3.63) is 102 Å². The van der Waals surface area contributed by atoms with Gasteiger partial charge in [-0.2, -0.15) is 0 Å². The number of rotatable bonds is 6. The highest BCUT2D eigenvalue weighted by molar-refractivity contribution is 6.02. The minimum absolute atomic E-state index is 0.0340. The van der Waals surface area contributed by atoms with Crippen LogP contribution in [0.15, 0.2) is 89.9 Å². The monoisotopic (exact) mass is 461 g/mol. The van der Waals surface area contributed by atoms with Gasteiger partial charge in [0.15, 0.2) is 0 Å². The van der Waals surface area contributed by atoms with Gasteiger partial charge in [0.1, 0.15) is 13.2 Å². The quantitative estimate of drug-likeness (QED) is 0.245. The van der Waals surface area contributed by atoms with Gasteiger partial charge in [-0.15, -0.1) is 0 Å². The molecule has 3 rings (SSSR count). The third-order valence-corrected chi connectivity index (χ3v) is 4.40. The van der Waals surface area contributed by atoms with Crippen molar-refractivity contribution >= 4 is 29.8 Å². The lowest BCUT2D eigenvalue weighted by Crippen LogP contribution is -2.44. The van der Waals surface area contributed by atoms with Crippen molar-refractivity contribution in [3.63, 3.8) is 0 Å². The summed E-state index contributed by atoms with van der Waals surface area (Å²) in [5, 5.41) is 4.80. The summed E-state index contributed by atoms with van der Waals surface area (Å²) in [6, 6.07) is 24.3. The van der Waals surface area contributed by atoms with E-state index in [-0.39, 0.29) is 19.2 Å². The predicted octanol–water partition coefficient (Wildman–Crippen LogP) is 4.31. The summed E-state index contributed by atoms with van der Waals surface area (Å²) in [7, 11) is 1.28. The highest BCUT2D eigenvalue weighted by Gasteiger charge is 2.13. The molecule has 0 aromatic heterocycles. The molecule has 2 amide bonds. The smallest absolute Gasteiger partial charge is 0.414 e. The molecule has 174 valence electrons. The Labute approximate surface area is 196 Å².